The molecule has 0 saturated carbocycles. The molecule has 30 heavy (non-hydrogen) atoms. The minimum absolute atomic E-state index is 0.0692. The molecule has 1 N–H and O–H groups in total. The smallest absolute Gasteiger partial charge is 0.265 e. The number of nitrogens with zero attached hydrogens (tertiary/aromatic N) is 1. The number of imide groups is 1. The minimum atomic E-state index is -0.817. The van der Waals surface area contributed by atoms with E-state index in [0.29, 0.717) is 48.4 Å². The van der Waals surface area contributed by atoms with Crippen LogP contribution in [0.2, 0.25) is 0 Å². The zero-order valence-corrected chi connectivity index (χ0v) is 17.2. The van der Waals surface area contributed by atoms with E-state index >= 15 is 0 Å². The van der Waals surface area contributed by atoms with E-state index in [-0.39, 0.29) is 18.2 Å². The summed E-state index contributed by atoms with van der Waals surface area (Å²) in [5.41, 5.74) is 1.61. The van der Waals surface area contributed by atoms with E-state index in [1.54, 1.807) is 18.2 Å². The van der Waals surface area contributed by atoms with Crippen LogP contribution in [0, 0.1) is 0 Å². The first kappa shape index (κ1) is 21.7. The molecule has 3 rings (SSSR count). The van der Waals surface area contributed by atoms with Gasteiger partial charge in [-0.25, -0.2) is 0 Å². The van der Waals surface area contributed by atoms with E-state index in [4.69, 9.17) is 4.74 Å². The first-order chi connectivity index (χ1) is 14.5. The summed E-state index contributed by atoms with van der Waals surface area (Å²) in [6, 6.07) is 4.45. The summed E-state index contributed by atoms with van der Waals surface area (Å²) in [6.07, 6.45) is 7.33. The van der Waals surface area contributed by atoms with E-state index in [2.05, 4.69) is 11.9 Å². The number of ether oxygens (including phenoxy) is 1. The van der Waals surface area contributed by atoms with Gasteiger partial charge in [0, 0.05) is 12.1 Å². The molecule has 0 aliphatic carbocycles. The second-order valence-electron chi connectivity index (χ2n) is 7.75. The Morgan fingerprint density at radius 2 is 1.90 bits per heavy atom. The van der Waals surface area contributed by atoms with Crippen molar-refractivity contribution in [3.8, 4) is 5.75 Å². The molecule has 1 aromatic carbocycles. The highest BCUT2D eigenvalue weighted by Crippen LogP contribution is 2.31. The molecule has 1 saturated heterocycles. The van der Waals surface area contributed by atoms with Crippen molar-refractivity contribution in [3.63, 3.8) is 0 Å². The average molecular weight is 412 g/mol. The number of fused-ring (bicyclic) bond motifs is 1. The summed E-state index contributed by atoms with van der Waals surface area (Å²) in [6.45, 7) is 4.21. The van der Waals surface area contributed by atoms with E-state index in [1.165, 1.54) is 0 Å². The number of carbonyl (C=O) groups excluding carboxylic acids is 4. The second-order valence-corrected chi connectivity index (χ2v) is 7.75. The zero-order valence-electron chi connectivity index (χ0n) is 17.2. The van der Waals surface area contributed by atoms with Gasteiger partial charge in [-0.3, -0.25) is 19.3 Å². The number of benzene rings is 1. The van der Waals surface area contributed by atoms with E-state index in [1.807, 2.05) is 0 Å². The fraction of sp³-hybridized carbons (Fsp3) is 0.478. The Morgan fingerprint density at radius 3 is 2.67 bits per heavy atom. The highest BCUT2D eigenvalue weighted by molar-refractivity contribution is 6.13. The Hall–Kier alpha value is -2.96. The third-order valence-corrected chi connectivity index (χ3v) is 5.51. The zero-order chi connectivity index (χ0) is 21.5. The number of allylic oxidation sites excluding steroid dienone is 1. The van der Waals surface area contributed by atoms with Crippen LogP contribution >= 0.6 is 0 Å². The first-order valence-electron chi connectivity index (χ1n) is 10.6. The highest BCUT2D eigenvalue weighted by atomic mass is 16.5. The lowest BCUT2D eigenvalue weighted by Crippen LogP contribution is -2.56. The van der Waals surface area contributed by atoms with Crippen molar-refractivity contribution >= 4 is 24.0 Å². The maximum absolute atomic E-state index is 13.2. The molecule has 1 unspecified atom stereocenters. The van der Waals surface area contributed by atoms with Crippen LogP contribution in [-0.4, -0.2) is 41.6 Å². The quantitative estimate of drug-likeness (QED) is 0.362. The molecule has 7 heteroatoms. The molecule has 0 bridgehead atoms. The Morgan fingerprint density at radius 1 is 1.13 bits per heavy atom. The van der Waals surface area contributed by atoms with Gasteiger partial charge in [0.25, 0.3) is 5.91 Å². The molecule has 2 aliphatic rings. The Kier molecular flexibility index (Phi) is 7.38. The lowest BCUT2D eigenvalue weighted by molar-refractivity contribution is -0.138. The molecule has 160 valence electrons. The second kappa shape index (κ2) is 10.2. The summed E-state index contributed by atoms with van der Waals surface area (Å²) in [7, 11) is 0. The molecule has 1 fully saturated rings. The van der Waals surface area contributed by atoms with Crippen LogP contribution in [0.4, 0.5) is 0 Å². The molecular weight excluding hydrogens is 384 g/mol. The minimum Gasteiger partial charge on any atom is -0.493 e. The van der Waals surface area contributed by atoms with Crippen molar-refractivity contribution in [2.24, 2.45) is 0 Å². The van der Waals surface area contributed by atoms with E-state index in [9.17, 15) is 19.2 Å². The molecule has 0 aromatic heterocycles. The molecule has 0 spiro atoms. The van der Waals surface area contributed by atoms with Crippen LogP contribution < -0.4 is 10.1 Å². The summed E-state index contributed by atoms with van der Waals surface area (Å²) < 4.78 is 5.89. The fourth-order valence-corrected chi connectivity index (χ4v) is 3.93. The number of piperidine rings is 1. The molecule has 2 aliphatic heterocycles. The van der Waals surface area contributed by atoms with E-state index < -0.39 is 11.9 Å². The van der Waals surface area contributed by atoms with Gasteiger partial charge < -0.3 is 14.8 Å². The predicted molar refractivity (Wildman–Crippen MR) is 111 cm³/mol. The lowest BCUT2D eigenvalue weighted by atomic mass is 9.93. The van der Waals surface area contributed by atoms with Crippen molar-refractivity contribution in [3.05, 3.63) is 41.6 Å². The number of rotatable bonds is 10. The van der Waals surface area contributed by atoms with Gasteiger partial charge in [-0.05, 0) is 37.3 Å². The Balaban J connectivity index is 1.65. The lowest BCUT2D eigenvalue weighted by Gasteiger charge is -2.35. The first-order valence-corrected chi connectivity index (χ1v) is 10.6. The predicted octanol–water partition coefficient (Wildman–Crippen LogP) is 2.92. The number of amides is 3. The van der Waals surface area contributed by atoms with Gasteiger partial charge >= 0.3 is 0 Å². The third-order valence-electron chi connectivity index (χ3n) is 5.51. The Bertz CT molecular complexity index is 848. The van der Waals surface area contributed by atoms with Crippen LogP contribution in [0.1, 0.15) is 67.3 Å². The van der Waals surface area contributed by atoms with Gasteiger partial charge in [-0.2, -0.15) is 0 Å². The summed E-state index contributed by atoms with van der Waals surface area (Å²) >= 11 is 0. The molecule has 1 aromatic rings. The van der Waals surface area contributed by atoms with Crippen LogP contribution in [0.15, 0.2) is 30.5 Å². The molecule has 0 radical (unpaired) electrons. The number of unbranched alkanes of at least 4 members (excludes halogenated alkanes) is 5. The number of nitrogens with one attached hydrogen (secondary N) is 1. The van der Waals surface area contributed by atoms with Crippen LogP contribution in [0.5, 0.6) is 5.75 Å². The molecular formula is C23H28N2O5. The number of carbonyl (C=O) groups is 4. The van der Waals surface area contributed by atoms with Crippen molar-refractivity contribution in [1.82, 2.24) is 10.2 Å². The molecule has 7 nitrogen and oxygen atoms in total. The highest BCUT2D eigenvalue weighted by Gasteiger charge is 2.41. The van der Waals surface area contributed by atoms with Gasteiger partial charge in [0.1, 0.15) is 18.1 Å². The topological polar surface area (TPSA) is 92.8 Å². The molecule has 2 heterocycles. The van der Waals surface area contributed by atoms with Crippen molar-refractivity contribution in [2.45, 2.75) is 63.8 Å². The number of hydrogen-bond acceptors (Lipinski definition) is 5. The van der Waals surface area contributed by atoms with Crippen LogP contribution in [0.25, 0.3) is 0 Å². The van der Waals surface area contributed by atoms with E-state index in [0.717, 1.165) is 43.3 Å². The Labute approximate surface area is 176 Å². The van der Waals surface area contributed by atoms with Crippen molar-refractivity contribution in [1.29, 1.82) is 0 Å². The molecule has 3 amide bonds. The van der Waals surface area contributed by atoms with Gasteiger partial charge in [0.2, 0.25) is 11.8 Å². The monoisotopic (exact) mass is 412 g/mol. The van der Waals surface area contributed by atoms with Gasteiger partial charge in [0.15, 0.2) is 0 Å². The van der Waals surface area contributed by atoms with Crippen LogP contribution in [0.3, 0.4) is 0 Å². The maximum atomic E-state index is 13.2. The standard InChI is InChI=1S/C23H28N2O5/c1-16-11-12-18(22(28)24-16)25-20(27)15-17-9-8-10-19(21(17)23(25)29)30-14-7-5-3-2-4-6-13-26/h8-10,13,18H,1-7,11-12,14-15H2,(H,24,28). The number of hydrogen-bond donors (Lipinski definition) is 1. The summed E-state index contributed by atoms with van der Waals surface area (Å²) in [5, 5.41) is 2.64. The summed E-state index contributed by atoms with van der Waals surface area (Å²) in [4.78, 5) is 49.6. The van der Waals surface area contributed by atoms with Gasteiger partial charge in [0.05, 0.1) is 18.6 Å². The van der Waals surface area contributed by atoms with Crippen molar-refractivity contribution in [2.75, 3.05) is 6.61 Å². The maximum Gasteiger partial charge on any atom is 0.265 e. The third kappa shape index (κ3) is 4.96. The van der Waals surface area contributed by atoms with Crippen LogP contribution in [-0.2, 0) is 20.8 Å². The van der Waals surface area contributed by atoms with Crippen molar-refractivity contribution < 1.29 is 23.9 Å². The number of aldehydes is 1. The van der Waals surface area contributed by atoms with Gasteiger partial charge in [-0.15, -0.1) is 0 Å². The fourth-order valence-electron chi connectivity index (χ4n) is 3.93. The SMILES string of the molecule is C=C1CCC(N2C(=O)Cc3cccc(OCCCCCCCC=O)c3C2=O)C(=O)N1. The largest absolute Gasteiger partial charge is 0.493 e. The molecule has 1 atom stereocenters. The summed E-state index contributed by atoms with van der Waals surface area (Å²) in [5.74, 6) is -0.757. The average Bonchev–Trinajstić information content (AvgIpc) is 2.71. The normalized spacial score (nSPS) is 18.8. The van der Waals surface area contributed by atoms with Gasteiger partial charge in [-0.1, -0.05) is 38.0 Å².